The Morgan fingerprint density at radius 1 is 1.43 bits per heavy atom. The van der Waals surface area contributed by atoms with Crippen LogP contribution in [-0.2, 0) is 12.8 Å². The maximum absolute atomic E-state index is 14.1. The third-order valence-electron chi connectivity index (χ3n) is 4.07. The third-order valence-corrected chi connectivity index (χ3v) is 4.07. The summed E-state index contributed by atoms with van der Waals surface area (Å²) >= 11 is 0. The molecule has 1 heterocycles. The quantitative estimate of drug-likeness (QED) is 0.886. The molecule has 122 valence electrons. The van der Waals surface area contributed by atoms with Crippen LogP contribution < -0.4 is 5.32 Å². The zero-order valence-electron chi connectivity index (χ0n) is 13.1. The normalized spacial score (nSPS) is 14.6. The lowest BCUT2D eigenvalue weighted by molar-refractivity contribution is 0.0939. The molecule has 23 heavy (non-hydrogen) atoms. The molecule has 0 radical (unpaired) electrons. The van der Waals surface area contributed by atoms with Crippen LogP contribution >= 0.6 is 0 Å². The largest absolute Gasteiger partial charge is 0.393 e. The van der Waals surface area contributed by atoms with E-state index < -0.39 is 6.10 Å². The van der Waals surface area contributed by atoms with Gasteiger partial charge in [-0.15, -0.1) is 0 Å². The number of para-hydroxylation sites is 1. The first kappa shape index (κ1) is 15.7. The van der Waals surface area contributed by atoms with Gasteiger partial charge in [-0.3, -0.25) is 4.79 Å². The predicted molar refractivity (Wildman–Crippen MR) is 84.2 cm³/mol. The molecular weight excluding hydrogens is 297 g/mol. The Kier molecular flexibility index (Phi) is 4.43. The first-order valence-corrected chi connectivity index (χ1v) is 7.90. The number of nitrogens with one attached hydrogen (secondary N) is 1. The molecule has 0 saturated carbocycles. The molecule has 0 bridgehead atoms. The molecule has 2 aromatic rings. The summed E-state index contributed by atoms with van der Waals surface area (Å²) in [7, 11) is 0. The van der Waals surface area contributed by atoms with Gasteiger partial charge < -0.3 is 10.4 Å². The van der Waals surface area contributed by atoms with E-state index in [2.05, 4.69) is 10.4 Å². The van der Waals surface area contributed by atoms with E-state index >= 15 is 0 Å². The summed E-state index contributed by atoms with van der Waals surface area (Å²) in [6.07, 6.45) is 2.54. The number of fused-ring (bicyclic) bond motifs is 1. The van der Waals surface area contributed by atoms with Crippen molar-refractivity contribution in [2.75, 3.05) is 6.54 Å². The maximum Gasteiger partial charge on any atom is 0.272 e. The molecule has 0 spiro atoms. The van der Waals surface area contributed by atoms with Gasteiger partial charge in [0.15, 0.2) is 5.69 Å². The second-order valence-corrected chi connectivity index (χ2v) is 5.88. The van der Waals surface area contributed by atoms with Gasteiger partial charge in [0, 0.05) is 17.8 Å². The first-order valence-electron chi connectivity index (χ1n) is 7.90. The number of halogens is 1. The van der Waals surface area contributed by atoms with Crippen molar-refractivity contribution in [1.29, 1.82) is 0 Å². The van der Waals surface area contributed by atoms with Gasteiger partial charge in [-0.1, -0.05) is 12.1 Å². The molecule has 1 unspecified atom stereocenters. The summed E-state index contributed by atoms with van der Waals surface area (Å²) in [6, 6.07) is 6.44. The minimum Gasteiger partial charge on any atom is -0.393 e. The highest BCUT2D eigenvalue weighted by Crippen LogP contribution is 2.28. The minimum atomic E-state index is -0.461. The van der Waals surface area contributed by atoms with Gasteiger partial charge in [0.1, 0.15) is 11.5 Å². The molecule has 0 saturated heterocycles. The van der Waals surface area contributed by atoms with Crippen LogP contribution in [0.2, 0.25) is 0 Å². The van der Waals surface area contributed by atoms with E-state index in [-0.39, 0.29) is 11.7 Å². The highest BCUT2D eigenvalue weighted by Gasteiger charge is 2.27. The maximum atomic E-state index is 14.1. The van der Waals surface area contributed by atoms with Crippen molar-refractivity contribution in [3.05, 3.63) is 47.0 Å². The van der Waals surface area contributed by atoms with Crippen molar-refractivity contribution in [3.63, 3.8) is 0 Å². The van der Waals surface area contributed by atoms with E-state index in [4.69, 9.17) is 0 Å². The fourth-order valence-electron chi connectivity index (χ4n) is 2.92. The van der Waals surface area contributed by atoms with Crippen LogP contribution in [0.1, 0.15) is 41.5 Å². The number of aromatic nitrogens is 2. The van der Waals surface area contributed by atoms with Crippen LogP contribution in [0.15, 0.2) is 24.3 Å². The minimum absolute atomic E-state index is 0.265. The average molecular weight is 317 g/mol. The fourth-order valence-corrected chi connectivity index (χ4v) is 2.92. The van der Waals surface area contributed by atoms with Gasteiger partial charge in [-0.25, -0.2) is 9.07 Å². The second kappa shape index (κ2) is 6.50. The SMILES string of the molecule is CC(O)CCNC(=O)c1nn(-c2ccccc2F)c2c1CCC2. The predicted octanol–water partition coefficient (Wildman–Crippen LogP) is 2.00. The fraction of sp³-hybridized carbons (Fsp3) is 0.412. The molecule has 2 N–H and O–H groups in total. The molecule has 0 fully saturated rings. The van der Waals surface area contributed by atoms with E-state index in [9.17, 15) is 14.3 Å². The van der Waals surface area contributed by atoms with E-state index in [1.165, 1.54) is 6.07 Å². The standard InChI is InChI=1S/C17H20FN3O2/c1-11(22)9-10-19-17(23)16-12-5-4-8-14(12)21(20-16)15-7-3-2-6-13(15)18/h2-3,6-7,11,22H,4-5,8-10H2,1H3,(H,19,23). The van der Waals surface area contributed by atoms with Crippen LogP contribution in [0, 0.1) is 5.82 Å². The van der Waals surface area contributed by atoms with E-state index in [0.29, 0.717) is 24.3 Å². The molecule has 1 aliphatic rings. The number of rotatable bonds is 5. The molecule has 0 aliphatic heterocycles. The molecule has 1 amide bonds. The van der Waals surface area contributed by atoms with Crippen molar-refractivity contribution >= 4 is 5.91 Å². The summed E-state index contributed by atoms with van der Waals surface area (Å²) in [5.74, 6) is -0.621. The molecule has 3 rings (SSSR count). The van der Waals surface area contributed by atoms with Gasteiger partial charge in [-0.2, -0.15) is 5.10 Å². The Bertz CT molecular complexity index is 725. The van der Waals surface area contributed by atoms with Gasteiger partial charge in [0.25, 0.3) is 5.91 Å². The molecular formula is C17H20FN3O2. The Morgan fingerprint density at radius 2 is 2.22 bits per heavy atom. The van der Waals surface area contributed by atoms with E-state index in [0.717, 1.165) is 30.5 Å². The van der Waals surface area contributed by atoms with Gasteiger partial charge in [0.05, 0.1) is 6.10 Å². The summed E-state index contributed by atoms with van der Waals surface area (Å²) in [5.41, 5.74) is 2.55. The lowest BCUT2D eigenvalue weighted by Gasteiger charge is -2.07. The number of carbonyl (C=O) groups excluding carboxylic acids is 1. The van der Waals surface area contributed by atoms with Crippen molar-refractivity contribution in [1.82, 2.24) is 15.1 Å². The molecule has 1 aliphatic carbocycles. The zero-order valence-corrected chi connectivity index (χ0v) is 13.1. The Hall–Kier alpha value is -2.21. The van der Waals surface area contributed by atoms with Gasteiger partial charge in [-0.05, 0) is 44.7 Å². The summed E-state index contributed by atoms with van der Waals surface area (Å²) < 4.78 is 15.6. The summed E-state index contributed by atoms with van der Waals surface area (Å²) in [4.78, 5) is 12.4. The van der Waals surface area contributed by atoms with Crippen LogP contribution in [0.5, 0.6) is 0 Å². The number of aliphatic hydroxyl groups is 1. The highest BCUT2D eigenvalue weighted by molar-refractivity contribution is 5.94. The Labute approximate surface area is 134 Å². The zero-order chi connectivity index (χ0) is 16.4. The van der Waals surface area contributed by atoms with Gasteiger partial charge >= 0.3 is 0 Å². The van der Waals surface area contributed by atoms with Crippen LogP contribution in [0.3, 0.4) is 0 Å². The van der Waals surface area contributed by atoms with Crippen LogP contribution in [0.4, 0.5) is 4.39 Å². The lowest BCUT2D eigenvalue weighted by Crippen LogP contribution is -2.27. The number of benzene rings is 1. The highest BCUT2D eigenvalue weighted by atomic mass is 19.1. The Morgan fingerprint density at radius 3 is 2.96 bits per heavy atom. The summed E-state index contributed by atoms with van der Waals surface area (Å²) in [6.45, 7) is 2.06. The molecule has 6 heteroatoms. The first-order chi connectivity index (χ1) is 11.1. The van der Waals surface area contributed by atoms with Crippen molar-refractivity contribution in [3.8, 4) is 5.69 Å². The smallest absolute Gasteiger partial charge is 0.272 e. The number of hydrogen-bond acceptors (Lipinski definition) is 3. The van der Waals surface area contributed by atoms with Crippen molar-refractivity contribution in [2.45, 2.75) is 38.7 Å². The molecule has 1 aromatic heterocycles. The van der Waals surface area contributed by atoms with Gasteiger partial charge in [0.2, 0.25) is 0 Å². The topological polar surface area (TPSA) is 67.2 Å². The van der Waals surface area contributed by atoms with Crippen LogP contribution in [0.25, 0.3) is 5.69 Å². The molecule has 5 nitrogen and oxygen atoms in total. The number of carbonyl (C=O) groups is 1. The Balaban J connectivity index is 1.90. The molecule has 1 atom stereocenters. The number of aliphatic hydroxyl groups excluding tert-OH is 1. The van der Waals surface area contributed by atoms with Crippen molar-refractivity contribution in [2.24, 2.45) is 0 Å². The second-order valence-electron chi connectivity index (χ2n) is 5.88. The third kappa shape index (κ3) is 3.12. The van der Waals surface area contributed by atoms with Crippen molar-refractivity contribution < 1.29 is 14.3 Å². The number of nitrogens with zero attached hydrogens (tertiary/aromatic N) is 2. The lowest BCUT2D eigenvalue weighted by atomic mass is 10.2. The van der Waals surface area contributed by atoms with E-state index in [1.54, 1.807) is 29.8 Å². The number of hydrogen-bond donors (Lipinski definition) is 2. The van der Waals surface area contributed by atoms with E-state index in [1.807, 2.05) is 0 Å². The molecule has 1 aromatic carbocycles. The average Bonchev–Trinajstić information content (AvgIpc) is 3.09. The monoisotopic (exact) mass is 317 g/mol. The summed E-state index contributed by atoms with van der Waals surface area (Å²) in [5, 5.41) is 16.4. The number of amides is 1. The van der Waals surface area contributed by atoms with Crippen LogP contribution in [-0.4, -0.2) is 33.4 Å².